The van der Waals surface area contributed by atoms with Crippen molar-refractivity contribution in [2.24, 2.45) is 0 Å². The van der Waals surface area contributed by atoms with E-state index in [1.165, 1.54) is 46.3 Å². The number of benzene rings is 3. The van der Waals surface area contributed by atoms with Gasteiger partial charge in [-0.15, -0.1) is 52.6 Å². The number of rotatable bonds is 2. The summed E-state index contributed by atoms with van der Waals surface area (Å²) in [6.45, 7) is 18.9. The number of aromatic nitrogens is 3. The molecule has 4 heteroatoms. The maximum Gasteiger partial charge on any atom is 3.00 e. The maximum absolute atomic E-state index is 4.22. The van der Waals surface area contributed by atoms with Gasteiger partial charge >= 0.3 is 20.1 Å². The Balaban J connectivity index is 0.000000228. The van der Waals surface area contributed by atoms with Gasteiger partial charge in [-0.25, -0.2) is 0 Å². The number of hydrogen-bond donors (Lipinski definition) is 0. The Labute approximate surface area is 265 Å². The van der Waals surface area contributed by atoms with Crippen LogP contribution in [0.5, 0.6) is 0 Å². The molecule has 5 aromatic rings. The molecule has 42 heavy (non-hydrogen) atoms. The molecule has 0 saturated carbocycles. The van der Waals surface area contributed by atoms with Crippen molar-refractivity contribution in [2.75, 3.05) is 0 Å². The molecular formula is C38H41IrN3+. The van der Waals surface area contributed by atoms with Crippen LogP contribution in [-0.2, 0) is 36.4 Å². The number of fused-ring (bicyclic) bond motifs is 4. The normalized spacial score (nSPS) is 17.0. The molecule has 3 nitrogen and oxygen atoms in total. The third-order valence-electron chi connectivity index (χ3n) is 9.28. The van der Waals surface area contributed by atoms with Gasteiger partial charge in [-0.05, 0) is 42.9 Å². The van der Waals surface area contributed by atoms with Crippen LogP contribution in [0.25, 0.3) is 28.0 Å². The zero-order chi connectivity index (χ0) is 29.2. The van der Waals surface area contributed by atoms with Gasteiger partial charge in [0.15, 0.2) is 0 Å². The predicted octanol–water partition coefficient (Wildman–Crippen LogP) is 8.63. The van der Waals surface area contributed by atoms with Crippen LogP contribution in [0.3, 0.4) is 0 Å². The number of nitrogens with zero attached hydrogens (tertiary/aromatic N) is 3. The smallest absolute Gasteiger partial charge is 0.341 e. The first-order valence-corrected chi connectivity index (χ1v) is 14.9. The summed E-state index contributed by atoms with van der Waals surface area (Å²) in [5.74, 6) is 0. The predicted molar refractivity (Wildman–Crippen MR) is 167 cm³/mol. The quantitative estimate of drug-likeness (QED) is 0.132. The fourth-order valence-corrected chi connectivity index (χ4v) is 6.89. The van der Waals surface area contributed by atoms with Gasteiger partial charge in [0.1, 0.15) is 0 Å². The van der Waals surface area contributed by atoms with Crippen LogP contribution in [0, 0.1) is 18.5 Å². The summed E-state index contributed by atoms with van der Waals surface area (Å²) in [6.07, 6.45) is 7.92. The molecule has 0 unspecified atom stereocenters. The first kappa shape index (κ1) is 30.4. The molecule has 1 aliphatic carbocycles. The molecule has 0 N–H and O–H groups in total. The minimum atomic E-state index is -0.0711. The van der Waals surface area contributed by atoms with Crippen molar-refractivity contribution in [1.82, 2.24) is 9.55 Å². The van der Waals surface area contributed by atoms with Gasteiger partial charge in [-0.1, -0.05) is 95.0 Å². The molecule has 0 amide bonds. The molecule has 0 bridgehead atoms. The van der Waals surface area contributed by atoms with Gasteiger partial charge in [-0.3, -0.25) is 0 Å². The SMILES string of the molecule is CC(C)n1[c-][n+]2c3c(cccc31)C(C)(C)c1c-2[c-]cc2c1C(C)(C)CCC2(C)C.[Ir+3].[c-]1ccccc1-c1ccccn1. The summed E-state index contributed by atoms with van der Waals surface area (Å²) in [6, 6.07) is 30.0. The Morgan fingerprint density at radius 1 is 0.810 bits per heavy atom. The molecule has 0 atom stereocenters. The van der Waals surface area contributed by atoms with E-state index in [-0.39, 0.29) is 36.4 Å². The molecule has 3 aromatic carbocycles. The Kier molecular flexibility index (Phi) is 7.88. The van der Waals surface area contributed by atoms with E-state index >= 15 is 0 Å². The van der Waals surface area contributed by atoms with Crippen LogP contribution >= 0.6 is 0 Å². The van der Waals surface area contributed by atoms with E-state index in [4.69, 9.17) is 0 Å². The molecule has 2 aliphatic rings. The van der Waals surface area contributed by atoms with Crippen molar-refractivity contribution in [3.05, 3.63) is 114 Å². The summed E-state index contributed by atoms with van der Waals surface area (Å²) in [4.78, 5) is 4.22. The Hall–Kier alpha value is -3.07. The summed E-state index contributed by atoms with van der Waals surface area (Å²) in [5, 5.41) is 0. The van der Waals surface area contributed by atoms with Crippen LogP contribution in [0.4, 0.5) is 0 Å². The van der Waals surface area contributed by atoms with E-state index in [0.29, 0.717) is 6.04 Å². The number of imidazole rings is 1. The van der Waals surface area contributed by atoms with Crippen LogP contribution in [0.1, 0.15) is 96.5 Å². The largest absolute Gasteiger partial charge is 3.00 e. The molecule has 0 radical (unpaired) electrons. The van der Waals surface area contributed by atoms with Crippen molar-refractivity contribution in [3.63, 3.8) is 0 Å². The Bertz CT molecular complexity index is 1690. The standard InChI is InChI=1S/C27H33N2.C11H8N.Ir/c1-17(2)28-16-29-20-13-12-18-22(26(5,6)15-14-25(18,3)4)23(20)27(7,8)19-10-9-11-21(28)24(19)29;1-2-6-10(7-3-1)11-8-4-5-9-12-11;/h9-12,17H,14-15H2,1-8H3;1-6,8-9H;/q2*-1;+3. The molecule has 0 saturated heterocycles. The maximum atomic E-state index is 4.22. The van der Waals surface area contributed by atoms with E-state index in [0.717, 1.165) is 11.3 Å². The van der Waals surface area contributed by atoms with Gasteiger partial charge in [0, 0.05) is 6.20 Å². The monoisotopic (exact) mass is 732 g/mol. The van der Waals surface area contributed by atoms with Crippen molar-refractivity contribution in [3.8, 4) is 16.9 Å². The minimum absolute atomic E-state index is 0. The third-order valence-corrected chi connectivity index (χ3v) is 9.28. The summed E-state index contributed by atoms with van der Waals surface area (Å²) >= 11 is 0. The molecule has 0 fully saturated rings. The van der Waals surface area contributed by atoms with Crippen molar-refractivity contribution < 1.29 is 24.7 Å². The molecule has 1 aliphatic heterocycles. The Morgan fingerprint density at radius 2 is 1.55 bits per heavy atom. The zero-order valence-electron chi connectivity index (χ0n) is 26.1. The molecule has 3 heterocycles. The van der Waals surface area contributed by atoms with Gasteiger partial charge in [-0.2, -0.15) is 12.1 Å². The van der Waals surface area contributed by atoms with Gasteiger partial charge < -0.3 is 14.1 Å². The van der Waals surface area contributed by atoms with Crippen molar-refractivity contribution in [2.45, 2.75) is 90.5 Å². The first-order valence-electron chi connectivity index (χ1n) is 14.9. The van der Waals surface area contributed by atoms with Crippen molar-refractivity contribution in [1.29, 1.82) is 0 Å². The van der Waals surface area contributed by atoms with Gasteiger partial charge in [0.05, 0.1) is 17.1 Å². The summed E-state index contributed by atoms with van der Waals surface area (Å²) < 4.78 is 4.58. The van der Waals surface area contributed by atoms with E-state index < -0.39 is 0 Å². The average Bonchev–Trinajstić information content (AvgIpc) is 3.36. The topological polar surface area (TPSA) is 21.7 Å². The van der Waals surface area contributed by atoms with Crippen LogP contribution in [0.15, 0.2) is 72.9 Å². The van der Waals surface area contributed by atoms with E-state index in [9.17, 15) is 0 Å². The summed E-state index contributed by atoms with van der Waals surface area (Å²) in [7, 11) is 0. The minimum Gasteiger partial charge on any atom is -0.341 e. The van der Waals surface area contributed by atoms with E-state index in [1.54, 1.807) is 11.8 Å². The second-order valence-electron chi connectivity index (χ2n) is 13.8. The average molecular weight is 732 g/mol. The van der Waals surface area contributed by atoms with Crippen LogP contribution < -0.4 is 4.57 Å². The molecule has 2 aromatic heterocycles. The molecule has 216 valence electrons. The fourth-order valence-electron chi connectivity index (χ4n) is 6.89. The summed E-state index contributed by atoms with van der Waals surface area (Å²) in [5.41, 5.74) is 11.9. The third kappa shape index (κ3) is 4.87. The first-order chi connectivity index (χ1) is 19.4. The Morgan fingerprint density at radius 3 is 2.21 bits per heavy atom. The number of hydrogen-bond acceptors (Lipinski definition) is 1. The second-order valence-corrected chi connectivity index (χ2v) is 13.8. The molecule has 0 spiro atoms. The van der Waals surface area contributed by atoms with Gasteiger partial charge in [0.25, 0.3) is 0 Å². The number of para-hydroxylation sites is 1. The molecular weight excluding hydrogens is 691 g/mol. The van der Waals surface area contributed by atoms with Crippen LogP contribution in [0.2, 0.25) is 0 Å². The fraction of sp³-hybridized carbons (Fsp3) is 0.368. The van der Waals surface area contributed by atoms with Crippen molar-refractivity contribution >= 4 is 11.0 Å². The second kappa shape index (κ2) is 10.9. The van der Waals surface area contributed by atoms with E-state index in [2.05, 4.69) is 112 Å². The zero-order valence-corrected chi connectivity index (χ0v) is 28.5. The molecule has 7 rings (SSSR count). The van der Waals surface area contributed by atoms with Gasteiger partial charge in [0.2, 0.25) is 6.33 Å². The van der Waals surface area contributed by atoms with Crippen LogP contribution in [-0.4, -0.2) is 9.55 Å². The van der Waals surface area contributed by atoms with E-state index in [1.807, 2.05) is 42.5 Å². The number of pyridine rings is 1.